The molecule has 2 unspecified atom stereocenters. The Balaban J connectivity index is 1.58. The molecule has 0 aromatic heterocycles. The lowest BCUT2D eigenvalue weighted by Gasteiger charge is -2.34. The molecule has 1 amide bonds. The van der Waals surface area contributed by atoms with Gasteiger partial charge < -0.3 is 9.47 Å². The van der Waals surface area contributed by atoms with E-state index in [4.69, 9.17) is 14.6 Å². The van der Waals surface area contributed by atoms with Crippen LogP contribution in [0.25, 0.3) is 0 Å². The molecule has 0 bridgehead atoms. The molecule has 33 heavy (non-hydrogen) atoms. The van der Waals surface area contributed by atoms with Crippen LogP contribution in [0.3, 0.4) is 0 Å². The van der Waals surface area contributed by atoms with Crippen LogP contribution < -0.4 is 4.74 Å². The lowest BCUT2D eigenvalue weighted by Crippen LogP contribution is -2.51. The van der Waals surface area contributed by atoms with Crippen molar-refractivity contribution in [1.29, 1.82) is 0 Å². The topological polar surface area (TPSA) is 71.4 Å². The molecule has 8 heteroatoms. The SMILES string of the molecule is CCOC(=O)C1CSCCN1CC(=O)N1N=C(c2ccccc2)CC1c1ccc(OC)cc1. The fraction of sp³-hybridized carbons (Fsp3) is 0.400. The summed E-state index contributed by atoms with van der Waals surface area (Å²) in [5.41, 5.74) is 2.88. The third-order valence-corrected chi connectivity index (χ3v) is 6.93. The van der Waals surface area contributed by atoms with Gasteiger partial charge in [-0.05, 0) is 30.2 Å². The molecule has 2 aromatic rings. The number of esters is 1. The first-order valence-corrected chi connectivity index (χ1v) is 12.3. The lowest BCUT2D eigenvalue weighted by molar-refractivity contribution is -0.149. The second-order valence-corrected chi connectivity index (χ2v) is 9.11. The number of methoxy groups -OCH3 is 1. The van der Waals surface area contributed by atoms with Crippen LogP contribution in [0.4, 0.5) is 0 Å². The van der Waals surface area contributed by atoms with E-state index in [2.05, 4.69) is 0 Å². The molecule has 1 fully saturated rings. The molecule has 174 valence electrons. The highest BCUT2D eigenvalue weighted by Crippen LogP contribution is 2.34. The highest BCUT2D eigenvalue weighted by atomic mass is 32.2. The van der Waals surface area contributed by atoms with Gasteiger partial charge in [0.25, 0.3) is 5.91 Å². The maximum absolute atomic E-state index is 13.5. The fourth-order valence-corrected chi connectivity index (χ4v) is 5.26. The molecule has 7 nitrogen and oxygen atoms in total. The number of hydrogen-bond donors (Lipinski definition) is 0. The number of amides is 1. The van der Waals surface area contributed by atoms with Crippen molar-refractivity contribution in [3.8, 4) is 5.75 Å². The second-order valence-electron chi connectivity index (χ2n) is 7.96. The standard InChI is InChI=1S/C25H29N3O4S/c1-3-32-25(30)23-17-33-14-13-27(23)16-24(29)28-22(19-9-11-20(31-2)12-10-19)15-21(26-28)18-7-5-4-6-8-18/h4-12,22-23H,3,13-17H2,1-2H3. The predicted molar refractivity (Wildman–Crippen MR) is 129 cm³/mol. The Morgan fingerprint density at radius 2 is 1.88 bits per heavy atom. The molecule has 2 aliphatic rings. The molecule has 2 aromatic carbocycles. The van der Waals surface area contributed by atoms with E-state index in [9.17, 15) is 9.59 Å². The maximum atomic E-state index is 13.5. The molecular weight excluding hydrogens is 438 g/mol. The highest BCUT2D eigenvalue weighted by molar-refractivity contribution is 7.99. The first-order chi connectivity index (χ1) is 16.1. The summed E-state index contributed by atoms with van der Waals surface area (Å²) in [5, 5.41) is 6.34. The Kier molecular flexibility index (Phi) is 7.67. The number of hydrazone groups is 1. The summed E-state index contributed by atoms with van der Waals surface area (Å²) in [5.74, 6) is 1.89. The number of carbonyl (C=O) groups is 2. The van der Waals surface area contributed by atoms with E-state index in [0.717, 1.165) is 28.3 Å². The van der Waals surface area contributed by atoms with Gasteiger partial charge >= 0.3 is 5.97 Å². The largest absolute Gasteiger partial charge is 0.497 e. The number of rotatable bonds is 7. The molecular formula is C25H29N3O4S. The van der Waals surface area contributed by atoms with E-state index < -0.39 is 6.04 Å². The number of thioether (sulfide) groups is 1. The first kappa shape index (κ1) is 23.3. The normalized spacial score (nSPS) is 20.9. The van der Waals surface area contributed by atoms with E-state index in [-0.39, 0.29) is 24.5 Å². The van der Waals surface area contributed by atoms with E-state index in [1.54, 1.807) is 30.8 Å². The molecule has 1 saturated heterocycles. The monoisotopic (exact) mass is 467 g/mol. The molecule has 0 radical (unpaired) electrons. The van der Waals surface area contributed by atoms with Gasteiger partial charge in [0.1, 0.15) is 11.8 Å². The number of ether oxygens (including phenoxy) is 2. The zero-order chi connectivity index (χ0) is 23.2. The van der Waals surface area contributed by atoms with Gasteiger partial charge in [-0.1, -0.05) is 42.5 Å². The zero-order valence-corrected chi connectivity index (χ0v) is 19.8. The van der Waals surface area contributed by atoms with Gasteiger partial charge in [-0.2, -0.15) is 16.9 Å². The van der Waals surface area contributed by atoms with E-state index >= 15 is 0 Å². The van der Waals surface area contributed by atoms with Crippen LogP contribution in [0, 0.1) is 0 Å². The Bertz CT molecular complexity index is 996. The number of nitrogens with zero attached hydrogens (tertiary/aromatic N) is 3. The maximum Gasteiger partial charge on any atom is 0.324 e. The Labute approximate surface area is 198 Å². The average molecular weight is 468 g/mol. The molecule has 2 heterocycles. The van der Waals surface area contributed by atoms with Gasteiger partial charge in [-0.3, -0.25) is 14.5 Å². The van der Waals surface area contributed by atoms with E-state index in [1.807, 2.05) is 59.5 Å². The van der Waals surface area contributed by atoms with Gasteiger partial charge in [-0.25, -0.2) is 5.01 Å². The van der Waals surface area contributed by atoms with Crippen molar-refractivity contribution >= 4 is 29.4 Å². The summed E-state index contributed by atoms with van der Waals surface area (Å²) in [6.45, 7) is 2.92. The van der Waals surface area contributed by atoms with Crippen molar-refractivity contribution in [1.82, 2.24) is 9.91 Å². The fourth-order valence-electron chi connectivity index (χ4n) is 4.16. The van der Waals surface area contributed by atoms with Crippen molar-refractivity contribution < 1.29 is 19.1 Å². The summed E-state index contributed by atoms with van der Waals surface area (Å²) in [6, 6.07) is 17.1. The summed E-state index contributed by atoms with van der Waals surface area (Å²) in [7, 11) is 1.63. The van der Waals surface area contributed by atoms with Gasteiger partial charge in [0.15, 0.2) is 0 Å². The first-order valence-electron chi connectivity index (χ1n) is 11.2. The Morgan fingerprint density at radius 1 is 1.12 bits per heavy atom. The van der Waals surface area contributed by atoms with Gasteiger partial charge in [0.2, 0.25) is 0 Å². The second kappa shape index (κ2) is 10.9. The highest BCUT2D eigenvalue weighted by Gasteiger charge is 2.37. The van der Waals surface area contributed by atoms with Crippen LogP contribution in [0.2, 0.25) is 0 Å². The minimum atomic E-state index is -0.410. The van der Waals surface area contributed by atoms with Crippen molar-refractivity contribution in [2.24, 2.45) is 5.10 Å². The summed E-state index contributed by atoms with van der Waals surface area (Å²) < 4.78 is 10.5. The molecule has 2 atom stereocenters. The number of hydrogen-bond acceptors (Lipinski definition) is 7. The van der Waals surface area contributed by atoms with E-state index in [0.29, 0.717) is 25.3 Å². The van der Waals surface area contributed by atoms with Crippen molar-refractivity contribution in [2.45, 2.75) is 25.4 Å². The molecule has 2 aliphatic heterocycles. The van der Waals surface area contributed by atoms with Crippen LogP contribution in [0.1, 0.15) is 30.5 Å². The smallest absolute Gasteiger partial charge is 0.324 e. The van der Waals surface area contributed by atoms with Crippen LogP contribution in [-0.2, 0) is 14.3 Å². The minimum absolute atomic E-state index is 0.122. The van der Waals surface area contributed by atoms with Gasteiger partial charge in [-0.15, -0.1) is 0 Å². The van der Waals surface area contributed by atoms with Crippen molar-refractivity contribution in [3.63, 3.8) is 0 Å². The van der Waals surface area contributed by atoms with Crippen LogP contribution in [0.5, 0.6) is 5.75 Å². The predicted octanol–water partition coefficient (Wildman–Crippen LogP) is 3.35. The van der Waals surface area contributed by atoms with Crippen LogP contribution in [0.15, 0.2) is 59.7 Å². The Morgan fingerprint density at radius 3 is 2.58 bits per heavy atom. The van der Waals surface area contributed by atoms with Gasteiger partial charge in [0, 0.05) is 24.5 Å². The quantitative estimate of drug-likeness (QED) is 0.582. The van der Waals surface area contributed by atoms with E-state index in [1.165, 1.54) is 0 Å². The molecule has 0 spiro atoms. The molecule has 0 N–H and O–H groups in total. The Hall–Kier alpha value is -2.84. The average Bonchev–Trinajstić information content (AvgIpc) is 3.31. The lowest BCUT2D eigenvalue weighted by atomic mass is 9.98. The molecule has 0 saturated carbocycles. The van der Waals surface area contributed by atoms with Crippen molar-refractivity contribution in [2.75, 3.05) is 38.3 Å². The zero-order valence-electron chi connectivity index (χ0n) is 19.0. The minimum Gasteiger partial charge on any atom is -0.497 e. The molecule has 0 aliphatic carbocycles. The van der Waals surface area contributed by atoms with Gasteiger partial charge in [0.05, 0.1) is 32.0 Å². The van der Waals surface area contributed by atoms with Crippen LogP contribution in [-0.4, -0.2) is 71.9 Å². The number of carbonyl (C=O) groups excluding carboxylic acids is 2. The summed E-state index contributed by atoms with van der Waals surface area (Å²) >= 11 is 1.71. The summed E-state index contributed by atoms with van der Waals surface area (Å²) in [6.07, 6.45) is 0.624. The van der Waals surface area contributed by atoms with Crippen LogP contribution >= 0.6 is 11.8 Å². The molecule has 4 rings (SSSR count). The third-order valence-electron chi connectivity index (χ3n) is 5.91. The van der Waals surface area contributed by atoms with Crippen molar-refractivity contribution in [3.05, 3.63) is 65.7 Å². The third kappa shape index (κ3) is 5.39. The number of benzene rings is 2. The summed E-state index contributed by atoms with van der Waals surface area (Å²) in [4.78, 5) is 27.9.